The van der Waals surface area contributed by atoms with Crippen LogP contribution in [0.2, 0.25) is 5.02 Å². The Hall–Kier alpha value is -1.50. The topological polar surface area (TPSA) is 95.7 Å². The fraction of sp³-hybridized carbons (Fsp3) is 0.652. The Morgan fingerprint density at radius 3 is 2.58 bits per heavy atom. The predicted octanol–water partition coefficient (Wildman–Crippen LogP) is 2.99. The highest BCUT2D eigenvalue weighted by Gasteiger charge is 2.57. The molecular formula is C23H31Cl2N3O3. The number of rotatable bonds is 6. The van der Waals surface area contributed by atoms with Crippen LogP contribution in [0.15, 0.2) is 18.2 Å². The summed E-state index contributed by atoms with van der Waals surface area (Å²) in [5, 5.41) is 14.4. The van der Waals surface area contributed by atoms with Gasteiger partial charge in [-0.25, -0.2) is 0 Å². The number of nitrogens with zero attached hydrogens (tertiary/aromatic N) is 1. The van der Waals surface area contributed by atoms with Gasteiger partial charge in [0.25, 0.3) is 0 Å². The number of carbonyl (C=O) groups is 2. The van der Waals surface area contributed by atoms with Gasteiger partial charge in [-0.2, -0.15) is 0 Å². The fourth-order valence-electron chi connectivity index (χ4n) is 6.99. The zero-order chi connectivity index (χ0) is 21.0. The zero-order valence-electron chi connectivity index (χ0n) is 17.6. The number of hydrogen-bond acceptors (Lipinski definition) is 4. The molecule has 3 unspecified atom stereocenters. The van der Waals surface area contributed by atoms with Gasteiger partial charge in [0.05, 0.1) is 12.1 Å². The minimum absolute atomic E-state index is 0. The summed E-state index contributed by atoms with van der Waals surface area (Å²) in [5.41, 5.74) is 6.41. The first-order chi connectivity index (χ1) is 14.3. The minimum Gasteiger partial charge on any atom is -0.390 e. The number of likely N-dealkylation sites (tertiary alicyclic amines) is 1. The van der Waals surface area contributed by atoms with Crippen LogP contribution in [-0.2, 0) is 16.0 Å². The van der Waals surface area contributed by atoms with Gasteiger partial charge < -0.3 is 21.1 Å². The molecule has 31 heavy (non-hydrogen) atoms. The van der Waals surface area contributed by atoms with Crippen molar-refractivity contribution in [3.8, 4) is 0 Å². The summed E-state index contributed by atoms with van der Waals surface area (Å²) in [5.74, 6) is 1.37. The van der Waals surface area contributed by atoms with Gasteiger partial charge in [0.1, 0.15) is 0 Å². The van der Waals surface area contributed by atoms with Crippen molar-refractivity contribution in [3.63, 3.8) is 0 Å². The first-order valence-electron chi connectivity index (χ1n) is 11.1. The molecule has 170 valence electrons. The summed E-state index contributed by atoms with van der Waals surface area (Å²) in [4.78, 5) is 26.4. The number of carbonyl (C=O) groups excluding carboxylic acids is 2. The van der Waals surface area contributed by atoms with E-state index < -0.39 is 11.5 Å². The van der Waals surface area contributed by atoms with Crippen LogP contribution in [0.5, 0.6) is 0 Å². The van der Waals surface area contributed by atoms with Crippen molar-refractivity contribution in [2.75, 3.05) is 18.4 Å². The molecule has 4 bridgehead atoms. The summed E-state index contributed by atoms with van der Waals surface area (Å²) in [7, 11) is 0. The predicted molar refractivity (Wildman–Crippen MR) is 122 cm³/mol. The minimum atomic E-state index is -0.465. The lowest BCUT2D eigenvalue weighted by atomic mass is 9.52. The molecule has 0 radical (unpaired) electrons. The third-order valence-corrected chi connectivity index (χ3v) is 8.24. The molecule has 1 saturated heterocycles. The van der Waals surface area contributed by atoms with Crippen LogP contribution in [0.25, 0.3) is 0 Å². The van der Waals surface area contributed by atoms with Gasteiger partial charge in [-0.1, -0.05) is 17.7 Å². The molecule has 6 nitrogen and oxygen atoms in total. The molecule has 6 rings (SSSR count). The maximum Gasteiger partial charge on any atom is 0.236 e. The largest absolute Gasteiger partial charge is 0.390 e. The lowest BCUT2D eigenvalue weighted by Crippen LogP contribution is -2.62. The van der Waals surface area contributed by atoms with Gasteiger partial charge in [0.15, 0.2) is 0 Å². The number of nitrogens with two attached hydrogens (primary N) is 1. The van der Waals surface area contributed by atoms with Crippen molar-refractivity contribution in [2.45, 2.75) is 56.6 Å². The summed E-state index contributed by atoms with van der Waals surface area (Å²) >= 11 is 6.46. The second kappa shape index (κ2) is 8.45. The molecule has 5 aliphatic rings. The Morgan fingerprint density at radius 2 is 1.97 bits per heavy atom. The number of halogens is 2. The van der Waals surface area contributed by atoms with Gasteiger partial charge in [-0.15, -0.1) is 12.4 Å². The SMILES string of the molecule is Cl.NC(=O)CNc1ccc(CC2CCN(C3C4CC5CC3CC(O)(C5)C4)C2=O)c(Cl)c1. The lowest BCUT2D eigenvalue weighted by Gasteiger charge is -2.59. The Balaban J connectivity index is 0.00000231. The molecule has 0 aromatic heterocycles. The quantitative estimate of drug-likeness (QED) is 0.598. The molecule has 4 aliphatic carbocycles. The van der Waals surface area contributed by atoms with E-state index in [0.29, 0.717) is 35.2 Å². The molecule has 8 heteroatoms. The van der Waals surface area contributed by atoms with Crippen LogP contribution in [0.3, 0.4) is 0 Å². The Morgan fingerprint density at radius 1 is 1.26 bits per heavy atom. The van der Waals surface area contributed by atoms with Crippen molar-refractivity contribution in [2.24, 2.45) is 29.4 Å². The first-order valence-corrected chi connectivity index (χ1v) is 11.5. The van der Waals surface area contributed by atoms with E-state index in [0.717, 1.165) is 43.5 Å². The molecule has 4 saturated carbocycles. The van der Waals surface area contributed by atoms with E-state index in [4.69, 9.17) is 17.3 Å². The number of benzene rings is 1. The van der Waals surface area contributed by atoms with Crippen LogP contribution < -0.4 is 11.1 Å². The number of anilines is 1. The highest BCUT2D eigenvalue weighted by molar-refractivity contribution is 6.31. The molecular weight excluding hydrogens is 437 g/mol. The van der Waals surface area contributed by atoms with Crippen molar-refractivity contribution in [1.29, 1.82) is 0 Å². The van der Waals surface area contributed by atoms with Crippen molar-refractivity contribution >= 4 is 41.5 Å². The third-order valence-electron chi connectivity index (χ3n) is 7.89. The average Bonchev–Trinajstić information content (AvgIpc) is 3.01. The van der Waals surface area contributed by atoms with Crippen molar-refractivity contribution in [3.05, 3.63) is 28.8 Å². The second-order valence-corrected chi connectivity index (χ2v) is 10.4. The summed E-state index contributed by atoms with van der Waals surface area (Å²) in [6.45, 7) is 0.881. The van der Waals surface area contributed by atoms with E-state index in [-0.39, 0.29) is 30.8 Å². The van der Waals surface area contributed by atoms with E-state index in [1.165, 1.54) is 12.8 Å². The van der Waals surface area contributed by atoms with Gasteiger partial charge in [-0.3, -0.25) is 9.59 Å². The van der Waals surface area contributed by atoms with Gasteiger partial charge in [0, 0.05) is 29.2 Å². The average molecular weight is 468 g/mol. The molecule has 1 aliphatic heterocycles. The molecule has 2 amide bonds. The highest BCUT2D eigenvalue weighted by atomic mass is 35.5. The number of primary amides is 1. The molecule has 4 N–H and O–H groups in total. The van der Waals surface area contributed by atoms with E-state index in [1.54, 1.807) is 6.07 Å². The van der Waals surface area contributed by atoms with Crippen LogP contribution in [0.1, 0.15) is 44.1 Å². The highest BCUT2D eigenvalue weighted by Crippen LogP contribution is 2.57. The van der Waals surface area contributed by atoms with Gasteiger partial charge in [0.2, 0.25) is 11.8 Å². The molecule has 0 spiro atoms. The Bertz CT molecular complexity index is 864. The zero-order valence-corrected chi connectivity index (χ0v) is 19.1. The molecule has 5 fully saturated rings. The monoisotopic (exact) mass is 467 g/mol. The second-order valence-electron chi connectivity index (χ2n) is 10.0. The van der Waals surface area contributed by atoms with Crippen molar-refractivity contribution in [1.82, 2.24) is 4.90 Å². The van der Waals surface area contributed by atoms with Gasteiger partial charge >= 0.3 is 0 Å². The smallest absolute Gasteiger partial charge is 0.236 e. The maximum atomic E-state index is 13.3. The molecule has 3 atom stereocenters. The van der Waals surface area contributed by atoms with E-state index in [1.807, 2.05) is 12.1 Å². The number of nitrogens with one attached hydrogen (secondary N) is 1. The first kappa shape index (κ1) is 22.7. The van der Waals surface area contributed by atoms with E-state index >= 15 is 0 Å². The van der Waals surface area contributed by atoms with Gasteiger partial charge in [-0.05, 0) is 80.4 Å². The van der Waals surface area contributed by atoms with Crippen LogP contribution >= 0.6 is 24.0 Å². The Labute approximate surface area is 194 Å². The van der Waals surface area contributed by atoms with E-state index in [2.05, 4.69) is 10.2 Å². The number of amides is 2. The normalized spacial score (nSPS) is 35.9. The van der Waals surface area contributed by atoms with Crippen LogP contribution in [0.4, 0.5) is 5.69 Å². The van der Waals surface area contributed by atoms with Crippen molar-refractivity contribution < 1.29 is 14.7 Å². The standard InChI is InChI=1S/C23H30ClN3O3.ClH/c24-19-8-18(26-12-20(25)28)2-1-14(19)7-15-3-4-27(22(15)29)21-16-5-13-6-17(21)11-23(30,9-13)10-16;/h1-2,8,13,15-17,21,26,30H,3-7,9-12H2,(H2,25,28);1H. The summed E-state index contributed by atoms with van der Waals surface area (Å²) in [6.07, 6.45) is 6.54. The summed E-state index contributed by atoms with van der Waals surface area (Å²) < 4.78 is 0. The van der Waals surface area contributed by atoms with Crippen LogP contribution in [0, 0.1) is 23.7 Å². The van der Waals surface area contributed by atoms with Crippen LogP contribution in [-0.4, -0.2) is 46.6 Å². The fourth-order valence-corrected chi connectivity index (χ4v) is 7.25. The molecule has 1 aromatic rings. The maximum absolute atomic E-state index is 13.3. The Kier molecular flexibility index (Phi) is 6.18. The van der Waals surface area contributed by atoms with E-state index in [9.17, 15) is 14.7 Å². The molecule has 1 aromatic carbocycles. The number of hydrogen-bond donors (Lipinski definition) is 3. The molecule has 1 heterocycles. The summed E-state index contributed by atoms with van der Waals surface area (Å²) in [6, 6.07) is 5.91. The number of aliphatic hydroxyl groups is 1. The lowest BCUT2D eigenvalue weighted by molar-refractivity contribution is -0.168. The third kappa shape index (κ3) is 4.27.